The Kier molecular flexibility index (Phi) is 2.04. The average Bonchev–Trinajstić information content (AvgIpc) is 2.62. The predicted molar refractivity (Wildman–Crippen MR) is 61.8 cm³/mol. The largest absolute Gasteiger partial charge is 0.337 e. The number of carbonyl (C=O) groups excluding carboxylic acids is 1. The summed E-state index contributed by atoms with van der Waals surface area (Å²) in [6.07, 6.45) is 0. The smallest absolute Gasteiger partial charge is 0.325 e. The summed E-state index contributed by atoms with van der Waals surface area (Å²) < 4.78 is 0. The molecule has 6 heteroatoms. The van der Waals surface area contributed by atoms with Crippen LogP contribution < -0.4 is 5.69 Å². The second-order valence-corrected chi connectivity index (χ2v) is 4.49. The predicted octanol–water partition coefficient (Wildman–Crippen LogP) is 0.343. The number of aromatic nitrogens is 3. The van der Waals surface area contributed by atoms with Crippen LogP contribution in [-0.2, 0) is 0 Å². The minimum absolute atomic E-state index is 0.0768. The Balaban J connectivity index is 1.94. The monoisotopic (exact) mass is 232 g/mol. The number of imidazole rings is 1. The molecule has 0 unspecified atom stereocenters. The first kappa shape index (κ1) is 10.1. The van der Waals surface area contributed by atoms with Gasteiger partial charge in [-0.25, -0.2) is 9.78 Å². The number of hydrogen-bond donors (Lipinski definition) is 2. The molecule has 2 aromatic heterocycles. The molecular formula is C11H12N4O2. The van der Waals surface area contributed by atoms with Crippen LogP contribution in [0.3, 0.4) is 0 Å². The molecule has 1 amide bonds. The first-order valence-corrected chi connectivity index (χ1v) is 5.52. The van der Waals surface area contributed by atoms with Gasteiger partial charge in [-0.05, 0) is 18.1 Å². The number of carbonyl (C=O) groups is 1. The van der Waals surface area contributed by atoms with Crippen molar-refractivity contribution in [2.24, 2.45) is 5.92 Å². The first-order chi connectivity index (χ1) is 8.13. The zero-order chi connectivity index (χ0) is 12.0. The summed E-state index contributed by atoms with van der Waals surface area (Å²) in [5, 5.41) is 0. The molecule has 0 atom stereocenters. The maximum Gasteiger partial charge on any atom is 0.325 e. The highest BCUT2D eigenvalue weighted by atomic mass is 16.2. The zero-order valence-corrected chi connectivity index (χ0v) is 9.36. The normalized spacial score (nSPS) is 16.2. The van der Waals surface area contributed by atoms with Crippen molar-refractivity contribution >= 4 is 17.1 Å². The van der Waals surface area contributed by atoms with Crippen molar-refractivity contribution in [1.29, 1.82) is 0 Å². The van der Waals surface area contributed by atoms with E-state index in [-0.39, 0.29) is 11.6 Å². The fourth-order valence-electron chi connectivity index (χ4n) is 2.06. The van der Waals surface area contributed by atoms with Crippen molar-refractivity contribution in [1.82, 2.24) is 19.9 Å². The van der Waals surface area contributed by atoms with Crippen molar-refractivity contribution in [2.45, 2.75) is 6.92 Å². The highest BCUT2D eigenvalue weighted by molar-refractivity contribution is 5.94. The maximum atomic E-state index is 12.0. The number of likely N-dealkylation sites (tertiary alicyclic amines) is 1. The topological polar surface area (TPSA) is 81.9 Å². The van der Waals surface area contributed by atoms with E-state index in [1.54, 1.807) is 17.0 Å². The lowest BCUT2D eigenvalue weighted by molar-refractivity contribution is 0.0524. The Bertz CT molecular complexity index is 636. The molecular weight excluding hydrogens is 220 g/mol. The average molecular weight is 232 g/mol. The minimum Gasteiger partial charge on any atom is -0.337 e. The number of nitrogens with one attached hydrogen (secondary N) is 2. The van der Waals surface area contributed by atoms with E-state index in [4.69, 9.17) is 0 Å². The molecule has 6 nitrogen and oxygen atoms in total. The Hall–Kier alpha value is -2.11. The van der Waals surface area contributed by atoms with Gasteiger partial charge in [0, 0.05) is 13.1 Å². The van der Waals surface area contributed by atoms with Crippen LogP contribution in [0.15, 0.2) is 16.9 Å². The van der Waals surface area contributed by atoms with Crippen LogP contribution >= 0.6 is 0 Å². The van der Waals surface area contributed by atoms with Gasteiger partial charge >= 0.3 is 5.69 Å². The summed E-state index contributed by atoms with van der Waals surface area (Å²) in [5.74, 6) is 0.488. The summed E-state index contributed by atoms with van der Waals surface area (Å²) in [5.41, 5.74) is 1.10. The quantitative estimate of drug-likeness (QED) is 0.744. The van der Waals surface area contributed by atoms with E-state index >= 15 is 0 Å². The van der Waals surface area contributed by atoms with Gasteiger partial charge in [-0.1, -0.05) is 6.92 Å². The van der Waals surface area contributed by atoms with E-state index in [2.05, 4.69) is 21.9 Å². The van der Waals surface area contributed by atoms with Gasteiger partial charge in [0.15, 0.2) is 5.65 Å². The number of rotatable bonds is 1. The Morgan fingerprint density at radius 2 is 2.18 bits per heavy atom. The first-order valence-electron chi connectivity index (χ1n) is 5.52. The van der Waals surface area contributed by atoms with Gasteiger partial charge < -0.3 is 9.88 Å². The molecule has 1 saturated heterocycles. The number of nitrogens with zero attached hydrogens (tertiary/aromatic N) is 2. The van der Waals surface area contributed by atoms with Gasteiger partial charge in [0.2, 0.25) is 0 Å². The molecule has 0 radical (unpaired) electrons. The van der Waals surface area contributed by atoms with E-state index in [9.17, 15) is 9.59 Å². The number of H-pyrrole nitrogens is 2. The lowest BCUT2D eigenvalue weighted by Crippen LogP contribution is -2.48. The molecule has 1 aliphatic heterocycles. The molecule has 0 spiro atoms. The molecule has 3 heterocycles. The lowest BCUT2D eigenvalue weighted by atomic mass is 10.0. The molecule has 3 rings (SSSR count). The second-order valence-electron chi connectivity index (χ2n) is 4.49. The standard InChI is InChI=1S/C11H12N4O2/c1-6-4-15(5-6)10(16)8-3-2-7-9(12-8)14-11(17)13-7/h2-3,6H,4-5H2,1H3,(H2,12,13,14,17). The van der Waals surface area contributed by atoms with Crippen LogP contribution in [-0.4, -0.2) is 38.8 Å². The minimum atomic E-state index is -0.310. The molecule has 0 aromatic carbocycles. The van der Waals surface area contributed by atoms with Gasteiger partial charge in [0.25, 0.3) is 5.91 Å². The summed E-state index contributed by atoms with van der Waals surface area (Å²) in [4.78, 5) is 34.1. The van der Waals surface area contributed by atoms with Crippen LogP contribution in [0, 0.1) is 5.92 Å². The van der Waals surface area contributed by atoms with Gasteiger partial charge in [-0.15, -0.1) is 0 Å². The number of aromatic amines is 2. The highest BCUT2D eigenvalue weighted by Crippen LogP contribution is 2.17. The maximum absolute atomic E-state index is 12.0. The number of hydrogen-bond acceptors (Lipinski definition) is 3. The van der Waals surface area contributed by atoms with E-state index in [1.165, 1.54) is 0 Å². The molecule has 0 bridgehead atoms. The third-order valence-electron chi connectivity index (χ3n) is 2.95. The van der Waals surface area contributed by atoms with E-state index < -0.39 is 0 Å². The summed E-state index contributed by atoms with van der Waals surface area (Å²) >= 11 is 0. The van der Waals surface area contributed by atoms with Gasteiger partial charge in [0.05, 0.1) is 5.52 Å². The van der Waals surface area contributed by atoms with Crippen molar-refractivity contribution < 1.29 is 4.79 Å². The molecule has 1 fully saturated rings. The molecule has 0 saturated carbocycles. The van der Waals surface area contributed by atoms with Gasteiger partial charge in [0.1, 0.15) is 5.69 Å². The fraction of sp³-hybridized carbons (Fsp3) is 0.364. The van der Waals surface area contributed by atoms with Crippen LogP contribution in [0.5, 0.6) is 0 Å². The lowest BCUT2D eigenvalue weighted by Gasteiger charge is -2.36. The molecule has 88 valence electrons. The highest BCUT2D eigenvalue weighted by Gasteiger charge is 2.28. The van der Waals surface area contributed by atoms with Gasteiger partial charge in [-0.3, -0.25) is 9.78 Å². The SMILES string of the molecule is CC1CN(C(=O)c2ccc3[nH]c(=O)[nH]c3n2)C1. The zero-order valence-electron chi connectivity index (χ0n) is 9.36. The summed E-state index contributed by atoms with van der Waals surface area (Å²) in [6.45, 7) is 3.66. The van der Waals surface area contributed by atoms with Crippen LogP contribution in [0.1, 0.15) is 17.4 Å². The second kappa shape index (κ2) is 3.44. The Labute approximate surface area is 96.7 Å². The molecule has 17 heavy (non-hydrogen) atoms. The summed E-state index contributed by atoms with van der Waals surface area (Å²) in [6, 6.07) is 3.33. The molecule has 2 aromatic rings. The third-order valence-corrected chi connectivity index (χ3v) is 2.95. The van der Waals surface area contributed by atoms with Crippen LogP contribution in [0.4, 0.5) is 0 Å². The summed E-state index contributed by atoms with van der Waals surface area (Å²) in [7, 11) is 0. The number of fused-ring (bicyclic) bond motifs is 1. The third kappa shape index (κ3) is 1.61. The Morgan fingerprint density at radius 3 is 2.88 bits per heavy atom. The Morgan fingerprint density at radius 1 is 1.41 bits per heavy atom. The van der Waals surface area contributed by atoms with Crippen LogP contribution in [0.25, 0.3) is 11.2 Å². The van der Waals surface area contributed by atoms with E-state index in [0.29, 0.717) is 22.8 Å². The van der Waals surface area contributed by atoms with Gasteiger partial charge in [-0.2, -0.15) is 0 Å². The van der Waals surface area contributed by atoms with Crippen molar-refractivity contribution in [3.8, 4) is 0 Å². The van der Waals surface area contributed by atoms with Crippen molar-refractivity contribution in [3.05, 3.63) is 28.3 Å². The van der Waals surface area contributed by atoms with Crippen LogP contribution in [0.2, 0.25) is 0 Å². The van der Waals surface area contributed by atoms with E-state index in [1.807, 2.05) is 0 Å². The number of amides is 1. The van der Waals surface area contributed by atoms with Crippen molar-refractivity contribution in [2.75, 3.05) is 13.1 Å². The molecule has 1 aliphatic rings. The molecule has 0 aliphatic carbocycles. The van der Waals surface area contributed by atoms with Crippen molar-refractivity contribution in [3.63, 3.8) is 0 Å². The number of pyridine rings is 1. The van der Waals surface area contributed by atoms with E-state index in [0.717, 1.165) is 13.1 Å². The fourth-order valence-corrected chi connectivity index (χ4v) is 2.06. The molecule has 2 N–H and O–H groups in total.